The first-order valence-electron chi connectivity index (χ1n) is 4.32. The van der Waals surface area contributed by atoms with Crippen molar-refractivity contribution >= 4 is 11.8 Å². The van der Waals surface area contributed by atoms with Crippen molar-refractivity contribution in [1.29, 1.82) is 0 Å². The van der Waals surface area contributed by atoms with Crippen LogP contribution in [0.3, 0.4) is 0 Å². The lowest BCUT2D eigenvalue weighted by atomic mass is 10.2. The molecule has 3 N–H and O–H groups in total. The predicted molar refractivity (Wildman–Crippen MR) is 59.6 cm³/mol. The maximum absolute atomic E-state index is 5.78. The molecule has 0 saturated heterocycles. The van der Waals surface area contributed by atoms with Gasteiger partial charge in [-0.2, -0.15) is 4.99 Å². The van der Waals surface area contributed by atoms with Crippen molar-refractivity contribution in [3.63, 3.8) is 0 Å². The number of amidine groups is 1. The summed E-state index contributed by atoms with van der Waals surface area (Å²) in [5, 5.41) is 2.83. The minimum Gasteiger partial charge on any atom is -0.383 e. The first kappa shape index (κ1) is 10.2. The van der Waals surface area contributed by atoms with E-state index in [0.29, 0.717) is 11.8 Å². The molecule has 0 aromatic heterocycles. The predicted octanol–water partition coefficient (Wildman–Crippen LogP) is 0.597. The second kappa shape index (κ2) is 5.01. The Morgan fingerprint density at radius 2 is 1.93 bits per heavy atom. The standard InChI is InChI=1S/C10H14N4/c1-12-10(13-2)14-9(11)8-6-4-3-5-7-8/h3-7H,1-2H3,(H3,11,12,13,14). The summed E-state index contributed by atoms with van der Waals surface area (Å²) in [6, 6.07) is 9.58. The molecule has 4 heteroatoms. The molecule has 0 aliphatic carbocycles. The molecule has 0 aliphatic heterocycles. The van der Waals surface area contributed by atoms with Crippen LogP contribution in [0.2, 0.25) is 0 Å². The van der Waals surface area contributed by atoms with Gasteiger partial charge in [0.2, 0.25) is 5.96 Å². The van der Waals surface area contributed by atoms with E-state index in [1.54, 1.807) is 14.1 Å². The maximum atomic E-state index is 5.78. The number of hydrogen-bond donors (Lipinski definition) is 2. The number of nitrogens with two attached hydrogens (primary N) is 1. The Morgan fingerprint density at radius 3 is 2.43 bits per heavy atom. The van der Waals surface area contributed by atoms with E-state index in [4.69, 9.17) is 5.73 Å². The highest BCUT2D eigenvalue weighted by Gasteiger charge is 1.97. The molecule has 4 nitrogen and oxygen atoms in total. The van der Waals surface area contributed by atoms with Gasteiger partial charge in [-0.25, -0.2) is 0 Å². The van der Waals surface area contributed by atoms with Crippen LogP contribution in [0.25, 0.3) is 0 Å². The summed E-state index contributed by atoms with van der Waals surface area (Å²) in [4.78, 5) is 8.03. The van der Waals surface area contributed by atoms with Crippen molar-refractivity contribution in [2.24, 2.45) is 15.7 Å². The molecule has 0 fully saturated rings. The van der Waals surface area contributed by atoms with Gasteiger partial charge in [0, 0.05) is 19.7 Å². The van der Waals surface area contributed by atoms with Crippen LogP contribution in [0.15, 0.2) is 40.3 Å². The largest absolute Gasteiger partial charge is 0.383 e. The number of aliphatic imine (C=N–C) groups is 2. The van der Waals surface area contributed by atoms with Gasteiger partial charge in [0.25, 0.3) is 0 Å². The van der Waals surface area contributed by atoms with Gasteiger partial charge < -0.3 is 11.1 Å². The van der Waals surface area contributed by atoms with Gasteiger partial charge in [0.05, 0.1) is 0 Å². The van der Waals surface area contributed by atoms with E-state index in [-0.39, 0.29) is 0 Å². The fraction of sp³-hybridized carbons (Fsp3) is 0.200. The van der Waals surface area contributed by atoms with Crippen LogP contribution in [0.4, 0.5) is 0 Å². The molecule has 0 saturated carbocycles. The Kier molecular flexibility index (Phi) is 3.67. The number of nitrogens with zero attached hydrogens (tertiary/aromatic N) is 2. The van der Waals surface area contributed by atoms with E-state index < -0.39 is 0 Å². The Bertz CT molecular complexity index is 340. The van der Waals surface area contributed by atoms with Crippen LogP contribution in [0.5, 0.6) is 0 Å². The summed E-state index contributed by atoms with van der Waals surface area (Å²) in [5.41, 5.74) is 6.67. The monoisotopic (exact) mass is 190 g/mol. The Hall–Kier alpha value is -1.84. The molecular weight excluding hydrogens is 176 g/mol. The second-order valence-corrected chi connectivity index (χ2v) is 2.66. The molecule has 1 aromatic carbocycles. The second-order valence-electron chi connectivity index (χ2n) is 2.66. The number of guanidine groups is 1. The van der Waals surface area contributed by atoms with Crippen LogP contribution in [-0.4, -0.2) is 25.9 Å². The topological polar surface area (TPSA) is 62.8 Å². The summed E-state index contributed by atoms with van der Waals surface area (Å²) in [7, 11) is 3.41. The summed E-state index contributed by atoms with van der Waals surface area (Å²) in [6.45, 7) is 0. The van der Waals surface area contributed by atoms with E-state index in [0.717, 1.165) is 5.56 Å². The van der Waals surface area contributed by atoms with Crippen LogP contribution in [0.1, 0.15) is 5.56 Å². The normalized spacial score (nSPS) is 12.7. The SMILES string of the molecule is CN=C(N=C(N)c1ccccc1)NC. The molecule has 1 rings (SSSR count). The molecule has 0 bridgehead atoms. The van der Waals surface area contributed by atoms with Gasteiger partial charge in [-0.1, -0.05) is 30.3 Å². The molecule has 14 heavy (non-hydrogen) atoms. The van der Waals surface area contributed by atoms with Crippen LogP contribution in [-0.2, 0) is 0 Å². The van der Waals surface area contributed by atoms with Crippen molar-refractivity contribution in [2.75, 3.05) is 14.1 Å². The third kappa shape index (κ3) is 2.58. The van der Waals surface area contributed by atoms with Crippen LogP contribution in [0, 0.1) is 0 Å². The average Bonchev–Trinajstić information content (AvgIpc) is 2.26. The number of benzene rings is 1. The summed E-state index contributed by atoms with van der Waals surface area (Å²) < 4.78 is 0. The molecule has 74 valence electrons. The van der Waals surface area contributed by atoms with E-state index in [1.165, 1.54) is 0 Å². The molecule has 0 heterocycles. The van der Waals surface area contributed by atoms with Gasteiger partial charge in [0.15, 0.2) is 0 Å². The van der Waals surface area contributed by atoms with Gasteiger partial charge in [0.1, 0.15) is 5.84 Å². The van der Waals surface area contributed by atoms with Gasteiger partial charge in [-0.15, -0.1) is 0 Å². The van der Waals surface area contributed by atoms with Crippen molar-refractivity contribution in [1.82, 2.24) is 5.32 Å². The summed E-state index contributed by atoms with van der Waals surface area (Å²) in [6.07, 6.45) is 0. The van der Waals surface area contributed by atoms with Crippen molar-refractivity contribution < 1.29 is 0 Å². The number of rotatable bonds is 1. The summed E-state index contributed by atoms with van der Waals surface area (Å²) >= 11 is 0. The highest BCUT2D eigenvalue weighted by molar-refractivity contribution is 6.04. The smallest absolute Gasteiger partial charge is 0.219 e. The fourth-order valence-corrected chi connectivity index (χ4v) is 1.01. The van der Waals surface area contributed by atoms with Crippen molar-refractivity contribution in [3.05, 3.63) is 35.9 Å². The molecular formula is C10H14N4. The minimum absolute atomic E-state index is 0.459. The quantitative estimate of drug-likeness (QED) is 0.503. The molecule has 0 aliphatic rings. The van der Waals surface area contributed by atoms with Gasteiger partial charge >= 0.3 is 0 Å². The van der Waals surface area contributed by atoms with Gasteiger partial charge in [-0.05, 0) is 0 Å². The van der Waals surface area contributed by atoms with Crippen molar-refractivity contribution in [3.8, 4) is 0 Å². The van der Waals surface area contributed by atoms with E-state index in [9.17, 15) is 0 Å². The highest BCUT2D eigenvalue weighted by atomic mass is 15.1. The van der Waals surface area contributed by atoms with E-state index >= 15 is 0 Å². The highest BCUT2D eigenvalue weighted by Crippen LogP contribution is 1.97. The lowest BCUT2D eigenvalue weighted by Gasteiger charge is -2.01. The van der Waals surface area contributed by atoms with Crippen LogP contribution >= 0.6 is 0 Å². The third-order valence-electron chi connectivity index (χ3n) is 1.73. The molecule has 0 amide bonds. The Morgan fingerprint density at radius 1 is 1.29 bits per heavy atom. The fourth-order valence-electron chi connectivity index (χ4n) is 1.01. The zero-order valence-electron chi connectivity index (χ0n) is 8.36. The Labute approximate surface area is 83.6 Å². The van der Waals surface area contributed by atoms with E-state index in [1.807, 2.05) is 30.3 Å². The lowest BCUT2D eigenvalue weighted by molar-refractivity contribution is 1.12. The van der Waals surface area contributed by atoms with Crippen molar-refractivity contribution in [2.45, 2.75) is 0 Å². The van der Waals surface area contributed by atoms with Crippen LogP contribution < -0.4 is 11.1 Å². The number of hydrogen-bond acceptors (Lipinski definition) is 1. The zero-order valence-corrected chi connectivity index (χ0v) is 8.36. The average molecular weight is 190 g/mol. The van der Waals surface area contributed by atoms with E-state index in [2.05, 4.69) is 15.3 Å². The first-order chi connectivity index (χ1) is 6.77. The molecule has 0 atom stereocenters. The molecule has 0 unspecified atom stereocenters. The van der Waals surface area contributed by atoms with Gasteiger partial charge in [-0.3, -0.25) is 4.99 Å². The maximum Gasteiger partial charge on any atom is 0.219 e. The lowest BCUT2D eigenvalue weighted by Crippen LogP contribution is -2.22. The molecule has 0 spiro atoms. The number of nitrogens with one attached hydrogen (secondary N) is 1. The summed E-state index contributed by atoms with van der Waals surface area (Å²) in [5.74, 6) is 0.979. The minimum atomic E-state index is 0.459. The molecule has 0 radical (unpaired) electrons. The third-order valence-corrected chi connectivity index (χ3v) is 1.73. The molecule has 1 aromatic rings. The first-order valence-corrected chi connectivity index (χ1v) is 4.32. The Balaban J connectivity index is 2.90. The zero-order chi connectivity index (χ0) is 10.4.